The van der Waals surface area contributed by atoms with E-state index in [9.17, 15) is 19.5 Å². The van der Waals surface area contributed by atoms with E-state index in [2.05, 4.69) is 12.1 Å². The molecule has 2 atom stereocenters. The number of piperidine rings is 1. The number of carbonyl (C=O) groups is 3. The molecular formula is C32H42N4O5. The minimum Gasteiger partial charge on any atom is -0.481 e. The number of imidazole rings is 1. The van der Waals surface area contributed by atoms with Crippen molar-refractivity contribution in [2.75, 3.05) is 19.6 Å². The third kappa shape index (κ3) is 7.07. The maximum atomic E-state index is 14.4. The Morgan fingerprint density at radius 2 is 1.76 bits per heavy atom. The van der Waals surface area contributed by atoms with E-state index in [1.54, 1.807) is 32.6 Å². The maximum absolute atomic E-state index is 14.4. The Morgan fingerprint density at radius 1 is 1.10 bits per heavy atom. The summed E-state index contributed by atoms with van der Waals surface area (Å²) >= 11 is 0. The summed E-state index contributed by atoms with van der Waals surface area (Å²) in [5.74, 6) is -0.863. The maximum Gasteiger partial charge on any atom is 0.410 e. The highest BCUT2D eigenvalue weighted by molar-refractivity contribution is 5.95. The first-order chi connectivity index (χ1) is 19.3. The number of aryl methyl sites for hydroxylation is 2. The van der Waals surface area contributed by atoms with Gasteiger partial charge < -0.3 is 24.2 Å². The molecule has 4 rings (SSSR count). The summed E-state index contributed by atoms with van der Waals surface area (Å²) in [7, 11) is 0. The predicted octanol–water partition coefficient (Wildman–Crippen LogP) is 5.48. The van der Waals surface area contributed by atoms with Crippen molar-refractivity contribution in [3.63, 3.8) is 0 Å². The first kappa shape index (κ1) is 30.1. The van der Waals surface area contributed by atoms with Crippen LogP contribution in [0.25, 0.3) is 11.0 Å². The topological polar surface area (TPSA) is 105 Å². The largest absolute Gasteiger partial charge is 0.481 e. The number of aliphatic carboxylic acids is 1. The number of likely N-dealkylation sites (tertiary alicyclic amines) is 1. The molecule has 2 heterocycles. The van der Waals surface area contributed by atoms with Crippen LogP contribution in [0.1, 0.15) is 64.1 Å². The van der Waals surface area contributed by atoms with Crippen LogP contribution in [0, 0.1) is 11.3 Å². The summed E-state index contributed by atoms with van der Waals surface area (Å²) in [5, 5.41) is 10.2. The number of amides is 2. The van der Waals surface area contributed by atoms with Crippen LogP contribution in [-0.2, 0) is 22.5 Å². The van der Waals surface area contributed by atoms with Gasteiger partial charge in [-0.25, -0.2) is 9.78 Å². The van der Waals surface area contributed by atoms with E-state index in [1.165, 1.54) is 4.90 Å². The Balaban J connectivity index is 1.72. The second kappa shape index (κ2) is 11.9. The van der Waals surface area contributed by atoms with Gasteiger partial charge in [0, 0.05) is 26.2 Å². The number of hydrogen-bond acceptors (Lipinski definition) is 5. The molecule has 0 saturated carbocycles. The summed E-state index contributed by atoms with van der Waals surface area (Å²) in [6, 6.07) is 17.2. The first-order valence-electron chi connectivity index (χ1n) is 14.3. The first-order valence-corrected chi connectivity index (χ1v) is 14.3. The Bertz CT molecular complexity index is 1390. The second-order valence-electron chi connectivity index (χ2n) is 12.7. The minimum absolute atomic E-state index is 0.00699. The molecule has 9 heteroatoms. The van der Waals surface area contributed by atoms with Crippen LogP contribution in [0.2, 0.25) is 0 Å². The minimum atomic E-state index is -1.25. The van der Waals surface area contributed by atoms with Gasteiger partial charge in [-0.15, -0.1) is 0 Å². The van der Waals surface area contributed by atoms with Gasteiger partial charge >= 0.3 is 12.1 Å². The third-order valence-electron chi connectivity index (χ3n) is 7.40. The van der Waals surface area contributed by atoms with E-state index in [-0.39, 0.29) is 31.3 Å². The molecule has 1 aliphatic rings. The summed E-state index contributed by atoms with van der Waals surface area (Å²) in [4.78, 5) is 48.0. The zero-order chi connectivity index (χ0) is 29.9. The monoisotopic (exact) mass is 562 g/mol. The second-order valence-corrected chi connectivity index (χ2v) is 12.7. The Hall–Kier alpha value is -3.88. The van der Waals surface area contributed by atoms with Crippen LogP contribution in [0.15, 0.2) is 54.6 Å². The van der Waals surface area contributed by atoms with Crippen LogP contribution >= 0.6 is 0 Å². The van der Waals surface area contributed by atoms with Gasteiger partial charge in [0.2, 0.25) is 0 Å². The van der Waals surface area contributed by atoms with Crippen molar-refractivity contribution in [3.05, 3.63) is 66.0 Å². The van der Waals surface area contributed by atoms with Crippen LogP contribution in [-0.4, -0.2) is 73.7 Å². The van der Waals surface area contributed by atoms with Gasteiger partial charge in [0.1, 0.15) is 5.60 Å². The third-order valence-corrected chi connectivity index (χ3v) is 7.40. The van der Waals surface area contributed by atoms with E-state index in [0.717, 1.165) is 23.0 Å². The molecule has 0 unspecified atom stereocenters. The molecule has 1 N–H and O–H groups in total. The molecule has 220 valence electrons. The van der Waals surface area contributed by atoms with Crippen molar-refractivity contribution in [2.24, 2.45) is 11.3 Å². The highest BCUT2D eigenvalue weighted by Gasteiger charge is 2.47. The molecule has 9 nitrogen and oxygen atoms in total. The molecule has 0 aliphatic carbocycles. The van der Waals surface area contributed by atoms with Gasteiger partial charge in [-0.3, -0.25) is 9.59 Å². The molecule has 0 bridgehead atoms. The van der Waals surface area contributed by atoms with Crippen molar-refractivity contribution in [3.8, 4) is 0 Å². The fourth-order valence-corrected chi connectivity index (χ4v) is 5.49. The number of carboxylic acid groups (broad SMARTS) is 1. The average Bonchev–Trinajstić information content (AvgIpc) is 3.28. The van der Waals surface area contributed by atoms with E-state index in [4.69, 9.17) is 9.72 Å². The summed E-state index contributed by atoms with van der Waals surface area (Å²) in [6.07, 6.45) is 0.352. The van der Waals surface area contributed by atoms with Crippen molar-refractivity contribution in [1.82, 2.24) is 19.4 Å². The quantitative estimate of drug-likeness (QED) is 0.390. The lowest BCUT2D eigenvalue weighted by Crippen LogP contribution is -2.60. The summed E-state index contributed by atoms with van der Waals surface area (Å²) in [5.41, 5.74) is 0.762. The van der Waals surface area contributed by atoms with Crippen LogP contribution < -0.4 is 0 Å². The number of carbonyl (C=O) groups excluding carboxylic acids is 2. The fraction of sp³-hybridized carbons (Fsp3) is 0.500. The van der Waals surface area contributed by atoms with Crippen molar-refractivity contribution < 1.29 is 24.2 Å². The van der Waals surface area contributed by atoms with Crippen molar-refractivity contribution >= 4 is 29.0 Å². The lowest BCUT2D eigenvalue weighted by molar-refractivity contribution is -0.152. The number of nitrogens with zero attached hydrogens (tertiary/aromatic N) is 4. The number of aromatic nitrogens is 2. The molecule has 1 aliphatic heterocycles. The summed E-state index contributed by atoms with van der Waals surface area (Å²) in [6.45, 7) is 12.1. The van der Waals surface area contributed by atoms with Gasteiger partial charge in [0.05, 0.1) is 22.5 Å². The van der Waals surface area contributed by atoms with Gasteiger partial charge in [-0.2, -0.15) is 0 Å². The highest BCUT2D eigenvalue weighted by atomic mass is 16.6. The van der Waals surface area contributed by atoms with Crippen LogP contribution in [0.3, 0.4) is 0 Å². The predicted molar refractivity (Wildman–Crippen MR) is 158 cm³/mol. The number of rotatable bonds is 8. The molecule has 1 fully saturated rings. The molecule has 2 aromatic carbocycles. The van der Waals surface area contributed by atoms with E-state index in [1.807, 2.05) is 60.9 Å². The van der Waals surface area contributed by atoms with E-state index < -0.39 is 29.1 Å². The summed E-state index contributed by atoms with van der Waals surface area (Å²) < 4.78 is 7.57. The fourth-order valence-electron chi connectivity index (χ4n) is 5.49. The van der Waals surface area contributed by atoms with E-state index >= 15 is 0 Å². The molecule has 41 heavy (non-hydrogen) atoms. The Morgan fingerprint density at radius 3 is 2.39 bits per heavy atom. The smallest absolute Gasteiger partial charge is 0.410 e. The zero-order valence-electron chi connectivity index (χ0n) is 25.0. The number of para-hydroxylation sites is 2. The number of benzene rings is 2. The highest BCUT2D eigenvalue weighted by Crippen LogP contribution is 2.34. The Kier molecular flexibility index (Phi) is 8.75. The van der Waals surface area contributed by atoms with Crippen LogP contribution in [0.5, 0.6) is 0 Å². The molecule has 1 aromatic heterocycles. The van der Waals surface area contributed by atoms with Gasteiger partial charge in [0.15, 0.2) is 5.82 Å². The van der Waals surface area contributed by atoms with Crippen molar-refractivity contribution in [2.45, 2.75) is 72.6 Å². The van der Waals surface area contributed by atoms with Crippen molar-refractivity contribution in [1.29, 1.82) is 0 Å². The number of fused-ring (bicyclic) bond motifs is 1. The normalized spacial score (nSPS) is 19.4. The Labute approximate surface area is 242 Å². The number of carboxylic acids is 1. The standard InChI is InChI=1S/C32H42N4O5/c1-22(2)19-36(24-18-32(6,29(38)39)21-34(20-24)30(40)41-31(3,4)5)28(37)27-33-25-14-10-11-15-26(25)35(27)17-16-23-12-8-7-9-13-23/h7-15,22,24H,16-21H2,1-6H3,(H,38,39)/t24-,32+/m0/s1. The molecule has 2 amide bonds. The number of ether oxygens (including phenoxy) is 1. The lowest BCUT2D eigenvalue weighted by Gasteiger charge is -2.46. The molecule has 1 saturated heterocycles. The SMILES string of the molecule is CC(C)CN(C(=O)c1nc2ccccc2n1CCc1ccccc1)[C@@H]1CN(C(=O)OC(C)(C)C)C[C@](C)(C(=O)O)C1. The zero-order valence-corrected chi connectivity index (χ0v) is 25.0. The molecular weight excluding hydrogens is 520 g/mol. The number of hydrogen-bond donors (Lipinski definition) is 1. The van der Waals surface area contributed by atoms with Gasteiger partial charge in [-0.05, 0) is 64.2 Å². The lowest BCUT2D eigenvalue weighted by atomic mass is 9.79. The average molecular weight is 563 g/mol. The van der Waals surface area contributed by atoms with Gasteiger partial charge in [-0.1, -0.05) is 56.3 Å². The van der Waals surface area contributed by atoms with Gasteiger partial charge in [0.25, 0.3) is 5.91 Å². The molecule has 3 aromatic rings. The molecule has 0 radical (unpaired) electrons. The van der Waals surface area contributed by atoms with E-state index in [0.29, 0.717) is 18.9 Å². The van der Waals surface area contributed by atoms with Crippen LogP contribution in [0.4, 0.5) is 4.79 Å². The molecule has 0 spiro atoms.